The summed E-state index contributed by atoms with van der Waals surface area (Å²) in [6, 6.07) is 11.8. The summed E-state index contributed by atoms with van der Waals surface area (Å²) in [5.74, 6) is 1.05. The van der Waals surface area contributed by atoms with Gasteiger partial charge in [0.2, 0.25) is 0 Å². The molecule has 1 aliphatic heterocycles. The van der Waals surface area contributed by atoms with Crippen LogP contribution in [-0.4, -0.2) is 54.1 Å². The Balaban J connectivity index is 0.00000216. The van der Waals surface area contributed by atoms with E-state index in [0.29, 0.717) is 6.42 Å². The normalized spacial score (nSPS) is 21.4. The lowest BCUT2D eigenvalue weighted by molar-refractivity contribution is 0.0403. The largest absolute Gasteiger partial charge is 0.504 e. The molecular weight excluding hydrogens is 521 g/mol. The smallest absolute Gasteiger partial charge is 0.160 e. The fraction of sp³-hybridized carbons (Fsp3) is 0.556. The number of rotatable bonds is 8. The number of para-hydroxylation sites is 2. The number of phenolic OH excluding ortho intramolecular Hbond substituents is 2. The van der Waals surface area contributed by atoms with Gasteiger partial charge < -0.3 is 25.6 Å². The fourth-order valence-corrected chi connectivity index (χ4v) is 5.81. The summed E-state index contributed by atoms with van der Waals surface area (Å²) < 4.78 is 5.58. The number of anilines is 1. The van der Waals surface area contributed by atoms with E-state index in [9.17, 15) is 10.2 Å². The highest BCUT2D eigenvalue weighted by Gasteiger charge is 2.46. The summed E-state index contributed by atoms with van der Waals surface area (Å²) in [7, 11) is 1.72. The minimum absolute atomic E-state index is 0. The third-order valence-corrected chi connectivity index (χ3v) is 7.69. The van der Waals surface area contributed by atoms with Crippen LogP contribution in [0.15, 0.2) is 36.4 Å². The molecule has 1 heterocycles. The van der Waals surface area contributed by atoms with E-state index in [4.69, 9.17) is 10.5 Å². The molecule has 0 spiro atoms. The molecule has 2 aliphatic rings. The van der Waals surface area contributed by atoms with Gasteiger partial charge in [-0.2, -0.15) is 0 Å². The lowest BCUT2D eigenvalue weighted by Crippen LogP contribution is -2.65. The quantitative estimate of drug-likeness (QED) is 0.277. The van der Waals surface area contributed by atoms with Crippen LogP contribution < -0.4 is 15.4 Å². The molecule has 1 saturated heterocycles. The summed E-state index contributed by atoms with van der Waals surface area (Å²) in [4.78, 5) is 4.85. The summed E-state index contributed by atoms with van der Waals surface area (Å²) in [6.07, 6.45) is 7.22. The molecule has 2 aromatic carbocycles. The van der Waals surface area contributed by atoms with Crippen molar-refractivity contribution >= 4 is 42.9 Å². The van der Waals surface area contributed by atoms with Crippen molar-refractivity contribution in [1.29, 1.82) is 0 Å². The Labute approximate surface area is 234 Å². The second kappa shape index (κ2) is 14.4. The standard InChI is InChI=1S/C27H39N3O3.3ClH/c1-3-4-5-6-9-22-20-12-13-24(31)26(32)21(20)14-15-27(22,28)30-18-16-29(17-19-30)23-10-7-8-11-25(23)33-2;;;/h7-8,10-13,22,31-32H,3-6,9,14-19,28H2,1-2H3;3*1H. The lowest BCUT2D eigenvalue weighted by atomic mass is 9.71. The van der Waals surface area contributed by atoms with E-state index in [1.807, 2.05) is 18.2 Å². The first-order valence-corrected chi connectivity index (χ1v) is 12.4. The van der Waals surface area contributed by atoms with Crippen LogP contribution >= 0.6 is 37.2 Å². The van der Waals surface area contributed by atoms with Gasteiger partial charge in [-0.3, -0.25) is 4.90 Å². The SMILES string of the molecule is CCCCCCC1c2ccc(O)c(O)c2CCC1(N)N1CCN(c2ccccc2OC)CC1.Cl.Cl.Cl. The highest BCUT2D eigenvalue weighted by molar-refractivity contribution is 5.86. The van der Waals surface area contributed by atoms with Crippen molar-refractivity contribution in [2.75, 3.05) is 38.2 Å². The third-order valence-electron chi connectivity index (χ3n) is 7.69. The number of ether oxygens (including phenoxy) is 1. The Bertz CT molecular complexity index is 957. The third kappa shape index (κ3) is 6.46. The summed E-state index contributed by atoms with van der Waals surface area (Å²) in [5, 5.41) is 20.6. The average Bonchev–Trinajstić information content (AvgIpc) is 2.85. The van der Waals surface area contributed by atoms with Crippen molar-refractivity contribution in [3.63, 3.8) is 0 Å². The van der Waals surface area contributed by atoms with Crippen LogP contribution in [0.1, 0.15) is 62.5 Å². The van der Waals surface area contributed by atoms with E-state index < -0.39 is 5.66 Å². The van der Waals surface area contributed by atoms with E-state index in [0.717, 1.165) is 68.0 Å². The summed E-state index contributed by atoms with van der Waals surface area (Å²) >= 11 is 0. The van der Waals surface area contributed by atoms with Crippen molar-refractivity contribution in [2.45, 2.75) is 63.5 Å². The molecule has 0 radical (unpaired) electrons. The van der Waals surface area contributed by atoms with Crippen LogP contribution in [-0.2, 0) is 6.42 Å². The number of nitrogens with two attached hydrogens (primary N) is 1. The molecule has 0 saturated carbocycles. The van der Waals surface area contributed by atoms with Crippen LogP contribution in [0.25, 0.3) is 0 Å². The number of hydrogen-bond donors (Lipinski definition) is 3. The number of aromatic hydroxyl groups is 2. The van der Waals surface area contributed by atoms with E-state index in [1.165, 1.54) is 19.3 Å². The Kier molecular flexibility index (Phi) is 13.0. The van der Waals surface area contributed by atoms with Gasteiger partial charge in [0.05, 0.1) is 18.5 Å². The number of piperazine rings is 1. The molecule has 9 heteroatoms. The van der Waals surface area contributed by atoms with Crippen LogP contribution in [0.5, 0.6) is 17.2 Å². The molecule has 6 nitrogen and oxygen atoms in total. The number of nitrogens with zero attached hydrogens (tertiary/aromatic N) is 2. The molecule has 4 N–H and O–H groups in total. The van der Waals surface area contributed by atoms with E-state index in [1.54, 1.807) is 13.2 Å². The van der Waals surface area contributed by atoms with E-state index >= 15 is 0 Å². The van der Waals surface area contributed by atoms with Gasteiger partial charge >= 0.3 is 0 Å². The molecule has 36 heavy (non-hydrogen) atoms. The number of hydrogen-bond acceptors (Lipinski definition) is 6. The molecule has 2 aromatic rings. The number of fused-ring (bicyclic) bond motifs is 1. The van der Waals surface area contributed by atoms with Crippen molar-refractivity contribution < 1.29 is 14.9 Å². The topological polar surface area (TPSA) is 82.2 Å². The second-order valence-electron chi connectivity index (χ2n) is 9.54. The van der Waals surface area contributed by atoms with Crippen molar-refractivity contribution in [3.05, 3.63) is 47.5 Å². The van der Waals surface area contributed by atoms with E-state index in [2.05, 4.69) is 28.9 Å². The first kappa shape index (κ1) is 32.5. The fourth-order valence-electron chi connectivity index (χ4n) is 5.81. The minimum atomic E-state index is -0.449. The van der Waals surface area contributed by atoms with Gasteiger partial charge in [0, 0.05) is 37.7 Å². The highest BCUT2D eigenvalue weighted by atomic mass is 35.5. The zero-order chi connectivity index (χ0) is 23.4. The first-order valence-electron chi connectivity index (χ1n) is 12.4. The Morgan fingerprint density at radius 3 is 2.33 bits per heavy atom. The van der Waals surface area contributed by atoms with Gasteiger partial charge in [-0.15, -0.1) is 37.2 Å². The Morgan fingerprint density at radius 1 is 0.972 bits per heavy atom. The van der Waals surface area contributed by atoms with Gasteiger partial charge in [-0.1, -0.05) is 50.8 Å². The monoisotopic (exact) mass is 561 g/mol. The van der Waals surface area contributed by atoms with Gasteiger partial charge in [-0.05, 0) is 43.0 Å². The molecule has 1 aliphatic carbocycles. The lowest BCUT2D eigenvalue weighted by Gasteiger charge is -2.52. The molecular formula is C27H42Cl3N3O3. The van der Waals surface area contributed by atoms with Gasteiger partial charge in [0.25, 0.3) is 0 Å². The summed E-state index contributed by atoms with van der Waals surface area (Å²) in [6.45, 7) is 5.80. The molecule has 0 amide bonds. The number of benzene rings is 2. The molecule has 4 rings (SSSR count). The van der Waals surface area contributed by atoms with Crippen LogP contribution in [0, 0.1) is 0 Å². The van der Waals surface area contributed by atoms with Crippen LogP contribution in [0.4, 0.5) is 5.69 Å². The zero-order valence-corrected chi connectivity index (χ0v) is 23.8. The van der Waals surface area contributed by atoms with Crippen molar-refractivity contribution in [3.8, 4) is 17.2 Å². The predicted octanol–water partition coefficient (Wildman–Crippen LogP) is 5.85. The molecule has 204 valence electrons. The molecule has 1 fully saturated rings. The van der Waals surface area contributed by atoms with Gasteiger partial charge in [-0.25, -0.2) is 0 Å². The highest BCUT2D eigenvalue weighted by Crippen LogP contribution is 2.47. The number of halogens is 3. The van der Waals surface area contributed by atoms with Gasteiger partial charge in [0.15, 0.2) is 11.5 Å². The molecule has 2 unspecified atom stereocenters. The first-order chi connectivity index (χ1) is 16.0. The number of methoxy groups -OCH3 is 1. The Hall–Kier alpha value is -1.57. The number of unbranched alkanes of at least 4 members (excludes halogenated alkanes) is 3. The van der Waals surface area contributed by atoms with Gasteiger partial charge in [0.1, 0.15) is 5.75 Å². The second-order valence-corrected chi connectivity index (χ2v) is 9.54. The maximum Gasteiger partial charge on any atom is 0.160 e. The van der Waals surface area contributed by atoms with E-state index in [-0.39, 0.29) is 54.6 Å². The predicted molar refractivity (Wildman–Crippen MR) is 155 cm³/mol. The minimum Gasteiger partial charge on any atom is -0.504 e. The zero-order valence-electron chi connectivity index (χ0n) is 21.3. The summed E-state index contributed by atoms with van der Waals surface area (Å²) in [5.41, 5.74) is 9.95. The van der Waals surface area contributed by atoms with Crippen molar-refractivity contribution in [1.82, 2.24) is 4.90 Å². The molecule has 0 bridgehead atoms. The Morgan fingerprint density at radius 2 is 1.67 bits per heavy atom. The maximum absolute atomic E-state index is 10.5. The molecule has 2 atom stereocenters. The molecule has 0 aromatic heterocycles. The van der Waals surface area contributed by atoms with Crippen LogP contribution in [0.2, 0.25) is 0 Å². The van der Waals surface area contributed by atoms with Crippen molar-refractivity contribution in [2.24, 2.45) is 5.73 Å². The van der Waals surface area contributed by atoms with Crippen LogP contribution in [0.3, 0.4) is 0 Å². The number of phenols is 2. The maximum atomic E-state index is 10.5. The average molecular weight is 563 g/mol.